The van der Waals surface area contributed by atoms with Crippen LogP contribution in [-0.2, 0) is 25.5 Å². The van der Waals surface area contributed by atoms with Crippen molar-refractivity contribution in [2.24, 2.45) is 4.99 Å². The zero-order chi connectivity index (χ0) is 28.1. The molecule has 1 aliphatic heterocycles. The van der Waals surface area contributed by atoms with E-state index in [0.717, 1.165) is 19.3 Å². The third-order valence-electron chi connectivity index (χ3n) is 6.08. The van der Waals surface area contributed by atoms with Gasteiger partial charge in [-0.3, -0.25) is 15.0 Å². The Morgan fingerprint density at radius 2 is 1.79 bits per heavy atom. The van der Waals surface area contributed by atoms with Crippen molar-refractivity contribution in [1.82, 2.24) is 10.9 Å². The highest BCUT2D eigenvalue weighted by Crippen LogP contribution is 2.28. The first-order valence-corrected chi connectivity index (χ1v) is 13.6. The molecule has 0 saturated carbocycles. The highest BCUT2D eigenvalue weighted by Gasteiger charge is 2.44. The number of amides is 1. The number of carbonyl (C=O) groups is 2. The number of aliphatic hydroxyl groups excluding tert-OH is 1. The first kappa shape index (κ1) is 30.1. The molecule has 0 radical (unpaired) electrons. The van der Waals surface area contributed by atoms with Crippen molar-refractivity contribution < 1.29 is 28.9 Å². The van der Waals surface area contributed by atoms with E-state index in [9.17, 15) is 9.59 Å². The highest BCUT2D eigenvalue weighted by atomic mass is 16.6. The number of nitrogens with zero attached hydrogens (tertiary/aromatic N) is 1. The first-order valence-electron chi connectivity index (χ1n) is 13.6. The van der Waals surface area contributed by atoms with E-state index < -0.39 is 17.1 Å². The molecule has 0 bridgehead atoms. The number of ether oxygens (including phenoxy) is 3. The van der Waals surface area contributed by atoms with Gasteiger partial charge in [0.25, 0.3) is 5.91 Å². The molecule has 0 unspecified atom stereocenters. The van der Waals surface area contributed by atoms with E-state index in [4.69, 9.17) is 19.3 Å². The molecule has 1 amide bonds. The summed E-state index contributed by atoms with van der Waals surface area (Å²) in [5.74, 6) is 0.250. The molecule has 3 N–H and O–H groups in total. The van der Waals surface area contributed by atoms with Crippen LogP contribution in [-0.4, -0.2) is 60.4 Å². The van der Waals surface area contributed by atoms with Gasteiger partial charge in [0.15, 0.2) is 5.54 Å². The summed E-state index contributed by atoms with van der Waals surface area (Å²) in [4.78, 5) is 30.5. The van der Waals surface area contributed by atoms with Crippen LogP contribution in [0.3, 0.4) is 0 Å². The molecule has 1 heterocycles. The number of rotatable bonds is 15. The Morgan fingerprint density at radius 1 is 1.05 bits per heavy atom. The lowest BCUT2D eigenvalue weighted by atomic mass is 9.94. The number of aliphatic imine (C=N–C) groups is 1. The van der Waals surface area contributed by atoms with Gasteiger partial charge in [0.2, 0.25) is 5.90 Å². The second kappa shape index (κ2) is 14.6. The largest absolute Gasteiger partial charge is 0.494 e. The topological polar surface area (TPSA) is 118 Å². The summed E-state index contributed by atoms with van der Waals surface area (Å²) in [7, 11) is 0. The van der Waals surface area contributed by atoms with Crippen LogP contribution in [0, 0.1) is 0 Å². The van der Waals surface area contributed by atoms with E-state index in [0.29, 0.717) is 36.8 Å². The third kappa shape index (κ3) is 10.00. The van der Waals surface area contributed by atoms with Gasteiger partial charge in [0.1, 0.15) is 18.0 Å². The molecule has 2 aromatic rings. The van der Waals surface area contributed by atoms with Gasteiger partial charge in [0, 0.05) is 31.6 Å². The van der Waals surface area contributed by atoms with Gasteiger partial charge >= 0.3 is 5.97 Å². The number of esters is 1. The van der Waals surface area contributed by atoms with E-state index in [1.807, 2.05) is 18.2 Å². The lowest BCUT2D eigenvalue weighted by Crippen LogP contribution is -2.52. The summed E-state index contributed by atoms with van der Waals surface area (Å²) < 4.78 is 16.9. The summed E-state index contributed by atoms with van der Waals surface area (Å²) in [5, 5.41) is 8.92. The van der Waals surface area contributed by atoms with E-state index >= 15 is 0 Å². The summed E-state index contributed by atoms with van der Waals surface area (Å²) in [6.07, 6.45) is 3.57. The molecule has 3 rings (SSSR count). The van der Waals surface area contributed by atoms with Crippen LogP contribution in [0.15, 0.2) is 59.6 Å². The number of benzene rings is 2. The van der Waals surface area contributed by atoms with E-state index in [1.54, 1.807) is 45.0 Å². The zero-order valence-corrected chi connectivity index (χ0v) is 23.2. The molecule has 0 aliphatic carbocycles. The predicted molar refractivity (Wildman–Crippen MR) is 149 cm³/mol. The lowest BCUT2D eigenvalue weighted by Gasteiger charge is -2.24. The second-order valence-electron chi connectivity index (χ2n) is 10.6. The number of hydrazine groups is 1. The molecule has 9 heteroatoms. The Morgan fingerprint density at radius 3 is 2.49 bits per heavy atom. The molecule has 0 aromatic heterocycles. The van der Waals surface area contributed by atoms with Crippen molar-refractivity contribution in [2.75, 3.05) is 26.4 Å². The molecular formula is C30H41N3O6. The van der Waals surface area contributed by atoms with E-state index in [-0.39, 0.29) is 32.0 Å². The molecule has 39 heavy (non-hydrogen) atoms. The molecule has 0 spiro atoms. The maximum atomic E-state index is 13.3. The summed E-state index contributed by atoms with van der Waals surface area (Å²) >= 11 is 0. The van der Waals surface area contributed by atoms with Crippen molar-refractivity contribution in [3.63, 3.8) is 0 Å². The van der Waals surface area contributed by atoms with Crippen molar-refractivity contribution in [3.8, 4) is 5.75 Å². The Kier molecular flexibility index (Phi) is 11.3. The number of carbonyl (C=O) groups excluding carboxylic acids is 2. The quantitative estimate of drug-likeness (QED) is 0.179. The molecule has 212 valence electrons. The standard InChI is InChI=1S/C30H41N3O6/c1-29(2,3)39-26(35)17-18-30(28(36)33-31-19-8-7-12-23-10-5-4-6-11-23)22-38-27(32-30)24-13-15-25(16-14-24)37-21-9-20-34/h4-6,10-11,13-16,31,34H,7-9,12,17-22H2,1-3H3,(H,33,36)/t30-/m0/s1. The van der Waals surface area contributed by atoms with E-state index in [1.165, 1.54) is 5.56 Å². The number of hydrogen-bond acceptors (Lipinski definition) is 8. The molecule has 2 aromatic carbocycles. The summed E-state index contributed by atoms with van der Waals surface area (Å²) in [6.45, 7) is 6.53. The number of aryl methyl sites for hydroxylation is 1. The SMILES string of the molecule is CC(C)(C)OC(=O)CC[C@@]1(C(=O)NNCCCCc2ccccc2)COC(c2ccc(OCCCO)cc2)=N1. The molecule has 9 nitrogen and oxygen atoms in total. The normalized spacial score (nSPS) is 16.8. The Balaban J connectivity index is 1.61. The smallest absolute Gasteiger partial charge is 0.306 e. The third-order valence-corrected chi connectivity index (χ3v) is 6.08. The second-order valence-corrected chi connectivity index (χ2v) is 10.6. The van der Waals surface area contributed by atoms with Crippen LogP contribution < -0.4 is 15.6 Å². The monoisotopic (exact) mass is 539 g/mol. The minimum absolute atomic E-state index is 0.0153. The fourth-order valence-corrected chi connectivity index (χ4v) is 4.05. The van der Waals surface area contributed by atoms with Crippen LogP contribution in [0.5, 0.6) is 5.75 Å². The number of unbranched alkanes of at least 4 members (excludes halogenated alkanes) is 1. The van der Waals surface area contributed by atoms with E-state index in [2.05, 4.69) is 28.0 Å². The fraction of sp³-hybridized carbons (Fsp3) is 0.500. The van der Waals surface area contributed by atoms with Gasteiger partial charge in [-0.05, 0) is 76.3 Å². The molecule has 1 aliphatic rings. The van der Waals surface area contributed by atoms with Gasteiger partial charge in [-0.1, -0.05) is 30.3 Å². The molecular weight excluding hydrogens is 498 g/mol. The summed E-state index contributed by atoms with van der Waals surface area (Å²) in [5.41, 5.74) is 5.90. The minimum Gasteiger partial charge on any atom is -0.494 e. The number of aliphatic hydroxyl groups is 1. The maximum absolute atomic E-state index is 13.3. The average Bonchev–Trinajstić information content (AvgIpc) is 3.35. The maximum Gasteiger partial charge on any atom is 0.306 e. The van der Waals surface area contributed by atoms with Crippen molar-refractivity contribution in [3.05, 3.63) is 65.7 Å². The molecule has 1 atom stereocenters. The Hall–Kier alpha value is -3.43. The van der Waals surface area contributed by atoms with Crippen LogP contribution in [0.1, 0.15) is 64.0 Å². The van der Waals surface area contributed by atoms with Crippen LogP contribution >= 0.6 is 0 Å². The minimum atomic E-state index is -1.26. The van der Waals surface area contributed by atoms with Gasteiger partial charge in [-0.2, -0.15) is 0 Å². The van der Waals surface area contributed by atoms with Crippen LogP contribution in [0.4, 0.5) is 0 Å². The van der Waals surface area contributed by atoms with Crippen molar-refractivity contribution >= 4 is 17.8 Å². The van der Waals surface area contributed by atoms with Gasteiger partial charge in [-0.15, -0.1) is 0 Å². The van der Waals surface area contributed by atoms with Gasteiger partial charge < -0.3 is 19.3 Å². The lowest BCUT2D eigenvalue weighted by molar-refractivity contribution is -0.155. The highest BCUT2D eigenvalue weighted by molar-refractivity contribution is 6.00. The zero-order valence-electron chi connectivity index (χ0n) is 23.2. The van der Waals surface area contributed by atoms with Crippen molar-refractivity contribution in [2.45, 2.75) is 70.4 Å². The first-order chi connectivity index (χ1) is 18.7. The number of nitrogens with one attached hydrogen (secondary N) is 2. The number of hydrogen-bond donors (Lipinski definition) is 3. The predicted octanol–water partition coefficient (Wildman–Crippen LogP) is 3.73. The molecule has 0 fully saturated rings. The molecule has 0 saturated heterocycles. The van der Waals surface area contributed by atoms with Crippen LogP contribution in [0.25, 0.3) is 0 Å². The van der Waals surface area contributed by atoms with Crippen molar-refractivity contribution in [1.29, 1.82) is 0 Å². The Labute approximate surface area is 230 Å². The van der Waals surface area contributed by atoms with Gasteiger partial charge in [-0.25, -0.2) is 10.4 Å². The summed E-state index contributed by atoms with van der Waals surface area (Å²) in [6, 6.07) is 17.5. The Bertz CT molecular complexity index is 1080. The van der Waals surface area contributed by atoms with Gasteiger partial charge in [0.05, 0.1) is 6.61 Å². The average molecular weight is 540 g/mol. The fourth-order valence-electron chi connectivity index (χ4n) is 4.05. The van der Waals surface area contributed by atoms with Crippen LogP contribution in [0.2, 0.25) is 0 Å².